The van der Waals surface area contributed by atoms with Crippen LogP contribution in [-0.4, -0.2) is 62.1 Å². The van der Waals surface area contributed by atoms with Gasteiger partial charge < -0.3 is 9.64 Å². The Kier molecular flexibility index (Phi) is 5.30. The third-order valence-electron chi connectivity index (χ3n) is 5.62. The molecular weight excluding hydrogens is 352 g/mol. The number of amides is 1. The Morgan fingerprint density at radius 3 is 2.54 bits per heavy atom. The van der Waals surface area contributed by atoms with Crippen molar-refractivity contribution < 1.29 is 17.9 Å². The normalized spacial score (nSPS) is 22.5. The van der Waals surface area contributed by atoms with Crippen LogP contribution in [0.25, 0.3) is 0 Å². The highest BCUT2D eigenvalue weighted by atomic mass is 32.2. The lowest BCUT2D eigenvalue weighted by molar-refractivity contribution is -0.129. The van der Waals surface area contributed by atoms with E-state index in [1.54, 1.807) is 30.2 Å². The molecule has 3 rings (SSSR count). The summed E-state index contributed by atoms with van der Waals surface area (Å²) in [5, 5.41) is 0. The van der Waals surface area contributed by atoms with Gasteiger partial charge in [-0.25, -0.2) is 12.7 Å². The maximum Gasteiger partial charge on any atom is 0.222 e. The molecule has 0 aromatic heterocycles. The smallest absolute Gasteiger partial charge is 0.222 e. The number of carbonyl (C=O) groups is 1. The number of fused-ring (bicyclic) bond motifs is 1. The molecule has 1 aromatic rings. The van der Waals surface area contributed by atoms with Gasteiger partial charge in [-0.2, -0.15) is 0 Å². The summed E-state index contributed by atoms with van der Waals surface area (Å²) in [4.78, 5) is 13.9. The largest absolute Gasteiger partial charge is 0.487 e. The zero-order valence-corrected chi connectivity index (χ0v) is 16.6. The minimum atomic E-state index is -3.16. The number of para-hydroxylation sites is 1. The summed E-state index contributed by atoms with van der Waals surface area (Å²) in [6.07, 6.45) is 2.52. The van der Waals surface area contributed by atoms with Crippen molar-refractivity contribution in [1.29, 1.82) is 0 Å². The molecule has 1 fully saturated rings. The first-order valence-electron chi connectivity index (χ1n) is 9.22. The van der Waals surface area contributed by atoms with Crippen molar-refractivity contribution in [3.8, 4) is 5.75 Å². The molecule has 1 atom stereocenters. The summed E-state index contributed by atoms with van der Waals surface area (Å²) < 4.78 is 32.2. The topological polar surface area (TPSA) is 66.9 Å². The van der Waals surface area contributed by atoms with Crippen LogP contribution in [0.3, 0.4) is 0 Å². The molecule has 1 aromatic carbocycles. The highest BCUT2D eigenvalue weighted by molar-refractivity contribution is 7.89. The monoisotopic (exact) mass is 380 g/mol. The minimum absolute atomic E-state index is 0.101. The summed E-state index contributed by atoms with van der Waals surface area (Å²) in [6.45, 7) is 2.63. The second-order valence-electron chi connectivity index (χ2n) is 7.52. The second kappa shape index (κ2) is 7.19. The Morgan fingerprint density at radius 2 is 1.92 bits per heavy atom. The van der Waals surface area contributed by atoms with E-state index in [1.807, 2.05) is 24.3 Å². The number of benzene rings is 1. The maximum atomic E-state index is 12.3. The van der Waals surface area contributed by atoms with Gasteiger partial charge in [0, 0.05) is 52.4 Å². The summed E-state index contributed by atoms with van der Waals surface area (Å²) >= 11 is 0. The summed E-state index contributed by atoms with van der Waals surface area (Å²) in [5.41, 5.74) is 0.697. The fourth-order valence-electron chi connectivity index (χ4n) is 3.98. The molecule has 26 heavy (non-hydrogen) atoms. The number of nitrogens with zero attached hydrogens (tertiary/aromatic N) is 2. The van der Waals surface area contributed by atoms with Crippen molar-refractivity contribution >= 4 is 15.9 Å². The van der Waals surface area contributed by atoms with Gasteiger partial charge in [0.1, 0.15) is 11.4 Å². The van der Waals surface area contributed by atoms with Crippen molar-refractivity contribution in [2.75, 3.05) is 32.9 Å². The van der Waals surface area contributed by atoms with Gasteiger partial charge in [-0.05, 0) is 25.0 Å². The van der Waals surface area contributed by atoms with Crippen LogP contribution in [0.5, 0.6) is 5.75 Å². The van der Waals surface area contributed by atoms with Crippen molar-refractivity contribution in [1.82, 2.24) is 9.21 Å². The standard InChI is InChI=1S/C19H28N2O4S/c1-4-26(23,24)21-11-9-19(10-12-21)14-15(13-18(22)20(2)3)16-7-5-6-8-17(16)25-19/h5-8,15H,4,9-14H2,1-3H3/t15-/m1/s1. The Balaban J connectivity index is 1.82. The van der Waals surface area contributed by atoms with Crippen molar-refractivity contribution in [2.45, 2.75) is 44.1 Å². The molecule has 144 valence electrons. The highest BCUT2D eigenvalue weighted by Crippen LogP contribution is 2.46. The molecule has 0 unspecified atom stereocenters. The van der Waals surface area contributed by atoms with Crippen molar-refractivity contribution in [2.24, 2.45) is 0 Å². The molecule has 2 aliphatic rings. The Labute approximate surface area is 156 Å². The summed E-state index contributed by atoms with van der Waals surface area (Å²) in [5.74, 6) is 1.17. The number of sulfonamides is 1. The number of ether oxygens (including phenoxy) is 1. The minimum Gasteiger partial charge on any atom is -0.487 e. The molecule has 1 saturated heterocycles. The molecule has 1 amide bonds. The lowest BCUT2D eigenvalue weighted by atomic mass is 9.76. The lowest BCUT2D eigenvalue weighted by Crippen LogP contribution is -2.52. The van der Waals surface area contributed by atoms with E-state index in [-0.39, 0.29) is 23.2 Å². The average molecular weight is 381 g/mol. The molecule has 2 aliphatic heterocycles. The van der Waals surface area contributed by atoms with Gasteiger partial charge in [-0.15, -0.1) is 0 Å². The molecule has 0 N–H and O–H groups in total. The van der Waals surface area contributed by atoms with Crippen molar-refractivity contribution in [3.63, 3.8) is 0 Å². The van der Waals surface area contributed by atoms with Crippen LogP contribution < -0.4 is 4.74 Å². The van der Waals surface area contributed by atoms with Crippen LogP contribution in [0.1, 0.15) is 44.1 Å². The van der Waals surface area contributed by atoms with Gasteiger partial charge in [0.15, 0.2) is 0 Å². The first-order valence-corrected chi connectivity index (χ1v) is 10.8. The Hall–Kier alpha value is -1.60. The summed E-state index contributed by atoms with van der Waals surface area (Å²) in [7, 11) is 0.387. The van der Waals surface area contributed by atoms with E-state index in [2.05, 4.69) is 0 Å². The van der Waals surface area contributed by atoms with Gasteiger partial charge in [0.25, 0.3) is 0 Å². The van der Waals surface area contributed by atoms with Gasteiger partial charge in [0.05, 0.1) is 5.75 Å². The maximum absolute atomic E-state index is 12.3. The van der Waals surface area contributed by atoms with E-state index >= 15 is 0 Å². The zero-order valence-electron chi connectivity index (χ0n) is 15.8. The number of carbonyl (C=O) groups excluding carboxylic acids is 1. The predicted molar refractivity (Wildman–Crippen MR) is 101 cm³/mol. The van der Waals surface area contributed by atoms with E-state index in [9.17, 15) is 13.2 Å². The molecule has 2 heterocycles. The van der Waals surface area contributed by atoms with Crippen LogP contribution >= 0.6 is 0 Å². The quantitative estimate of drug-likeness (QED) is 0.803. The fourth-order valence-corrected chi connectivity index (χ4v) is 5.08. The van der Waals surface area contributed by atoms with Crippen LogP contribution in [-0.2, 0) is 14.8 Å². The van der Waals surface area contributed by atoms with Gasteiger partial charge in [-0.1, -0.05) is 18.2 Å². The molecule has 1 spiro atoms. The Bertz CT molecular complexity index is 767. The molecular formula is C19H28N2O4S. The Morgan fingerprint density at radius 1 is 1.27 bits per heavy atom. The number of piperidine rings is 1. The van der Waals surface area contributed by atoms with Gasteiger partial charge in [0.2, 0.25) is 15.9 Å². The SMILES string of the molecule is CCS(=O)(=O)N1CCC2(CC1)C[C@@H](CC(=O)N(C)C)c1ccccc1O2. The molecule has 6 nitrogen and oxygen atoms in total. The fraction of sp³-hybridized carbons (Fsp3) is 0.632. The van der Waals surface area contributed by atoms with Crippen LogP contribution in [0.4, 0.5) is 0 Å². The van der Waals surface area contributed by atoms with E-state index in [0.717, 1.165) is 17.7 Å². The second-order valence-corrected chi connectivity index (χ2v) is 9.77. The van der Waals surface area contributed by atoms with Crippen LogP contribution in [0, 0.1) is 0 Å². The van der Waals surface area contributed by atoms with E-state index in [0.29, 0.717) is 32.4 Å². The molecule has 0 bridgehead atoms. The molecule has 0 saturated carbocycles. The van der Waals surface area contributed by atoms with Crippen molar-refractivity contribution in [3.05, 3.63) is 29.8 Å². The van der Waals surface area contributed by atoms with E-state index in [1.165, 1.54) is 0 Å². The number of hydrogen-bond acceptors (Lipinski definition) is 4. The first kappa shape index (κ1) is 19.2. The molecule has 7 heteroatoms. The van der Waals surface area contributed by atoms with Gasteiger partial charge in [-0.3, -0.25) is 4.79 Å². The van der Waals surface area contributed by atoms with Crippen LogP contribution in [0.2, 0.25) is 0 Å². The number of hydrogen-bond donors (Lipinski definition) is 0. The molecule has 0 radical (unpaired) electrons. The van der Waals surface area contributed by atoms with E-state index in [4.69, 9.17) is 4.74 Å². The average Bonchev–Trinajstić information content (AvgIpc) is 2.62. The summed E-state index contributed by atoms with van der Waals surface area (Å²) in [6, 6.07) is 7.91. The predicted octanol–water partition coefficient (Wildman–Crippen LogP) is 2.22. The molecule has 0 aliphatic carbocycles. The zero-order chi connectivity index (χ0) is 18.9. The van der Waals surface area contributed by atoms with Gasteiger partial charge >= 0.3 is 0 Å². The first-order chi connectivity index (χ1) is 12.3. The third-order valence-corrected chi connectivity index (χ3v) is 7.50. The van der Waals surface area contributed by atoms with E-state index < -0.39 is 10.0 Å². The van der Waals surface area contributed by atoms with Crippen LogP contribution in [0.15, 0.2) is 24.3 Å². The number of rotatable bonds is 4. The highest BCUT2D eigenvalue weighted by Gasteiger charge is 2.45. The lowest BCUT2D eigenvalue weighted by Gasteiger charge is -2.46. The third kappa shape index (κ3) is 3.74.